The number of carbonyl (C=O) groups is 1. The fourth-order valence-electron chi connectivity index (χ4n) is 2.47. The van der Waals surface area contributed by atoms with Crippen LogP contribution < -0.4 is 5.32 Å². The number of amides is 1. The van der Waals surface area contributed by atoms with E-state index in [1.165, 1.54) is 0 Å². The van der Waals surface area contributed by atoms with E-state index in [0.29, 0.717) is 24.1 Å². The van der Waals surface area contributed by atoms with Crippen molar-refractivity contribution in [3.63, 3.8) is 0 Å². The first kappa shape index (κ1) is 15.3. The number of aliphatic imine (C=N–C) groups is 1. The Bertz CT molecular complexity index is 586. The Morgan fingerprint density at radius 1 is 1.33 bits per heavy atom. The predicted molar refractivity (Wildman–Crippen MR) is 84.9 cm³/mol. The van der Waals surface area contributed by atoms with E-state index in [-0.39, 0.29) is 17.2 Å². The molecule has 1 amide bonds. The highest BCUT2D eigenvalue weighted by molar-refractivity contribution is 6.24. The molecule has 0 atom stereocenters. The standard InChI is InChI=1S/C17H22N2O2/c1-4-8-14(20)15-13(11-17(2,3)19-16(15)21)18-12-9-6-5-7-10-12/h5-7,9-10,20H,4,8,11H2,1-3H3,(H,19,21)/b15-14+,18-13?. The zero-order valence-corrected chi connectivity index (χ0v) is 12.8. The fraction of sp³-hybridized carbons (Fsp3) is 0.412. The highest BCUT2D eigenvalue weighted by atomic mass is 16.3. The van der Waals surface area contributed by atoms with Crippen LogP contribution in [0.4, 0.5) is 5.69 Å². The van der Waals surface area contributed by atoms with Crippen LogP contribution >= 0.6 is 0 Å². The highest BCUT2D eigenvalue weighted by Gasteiger charge is 2.35. The number of nitrogens with one attached hydrogen (secondary N) is 1. The van der Waals surface area contributed by atoms with Gasteiger partial charge in [-0.1, -0.05) is 25.1 Å². The molecule has 0 spiro atoms. The Balaban J connectivity index is 2.48. The predicted octanol–water partition coefficient (Wildman–Crippen LogP) is 3.67. The van der Waals surface area contributed by atoms with Crippen LogP contribution in [0.25, 0.3) is 0 Å². The van der Waals surface area contributed by atoms with Crippen LogP contribution in [-0.4, -0.2) is 22.3 Å². The number of hydrogen-bond donors (Lipinski definition) is 2. The van der Waals surface area contributed by atoms with E-state index in [1.54, 1.807) is 0 Å². The Morgan fingerprint density at radius 2 is 2.00 bits per heavy atom. The summed E-state index contributed by atoms with van der Waals surface area (Å²) in [5.41, 5.74) is 1.42. The average Bonchev–Trinajstić information content (AvgIpc) is 2.38. The van der Waals surface area contributed by atoms with Crippen molar-refractivity contribution < 1.29 is 9.90 Å². The van der Waals surface area contributed by atoms with E-state index >= 15 is 0 Å². The summed E-state index contributed by atoms with van der Waals surface area (Å²) in [5.74, 6) is -0.118. The second-order valence-corrected chi connectivity index (χ2v) is 5.98. The van der Waals surface area contributed by atoms with Crippen molar-refractivity contribution in [3.8, 4) is 0 Å². The van der Waals surface area contributed by atoms with Crippen molar-refractivity contribution in [2.45, 2.75) is 45.6 Å². The van der Waals surface area contributed by atoms with Gasteiger partial charge in [0.2, 0.25) is 0 Å². The number of rotatable bonds is 3. The maximum Gasteiger partial charge on any atom is 0.256 e. The third kappa shape index (κ3) is 3.72. The molecule has 0 bridgehead atoms. The summed E-state index contributed by atoms with van der Waals surface area (Å²) < 4.78 is 0. The van der Waals surface area contributed by atoms with Gasteiger partial charge in [0.1, 0.15) is 5.76 Å². The van der Waals surface area contributed by atoms with Crippen molar-refractivity contribution in [3.05, 3.63) is 41.7 Å². The molecule has 21 heavy (non-hydrogen) atoms. The average molecular weight is 286 g/mol. The topological polar surface area (TPSA) is 61.7 Å². The molecule has 2 rings (SSSR count). The maximum atomic E-state index is 12.3. The largest absolute Gasteiger partial charge is 0.511 e. The normalized spacial score (nSPS) is 22.0. The Kier molecular flexibility index (Phi) is 4.46. The number of aliphatic hydroxyl groups excluding tert-OH is 1. The lowest BCUT2D eigenvalue weighted by Gasteiger charge is -2.33. The summed E-state index contributed by atoms with van der Waals surface area (Å²) in [7, 11) is 0. The number of piperidine rings is 1. The molecule has 0 aliphatic carbocycles. The lowest BCUT2D eigenvalue weighted by atomic mass is 9.87. The maximum absolute atomic E-state index is 12.3. The second kappa shape index (κ2) is 6.12. The van der Waals surface area contributed by atoms with E-state index in [0.717, 1.165) is 12.1 Å². The van der Waals surface area contributed by atoms with Crippen LogP contribution in [0, 0.1) is 0 Å². The number of hydrogen-bond acceptors (Lipinski definition) is 3. The molecule has 2 N–H and O–H groups in total. The minimum atomic E-state index is -0.360. The van der Waals surface area contributed by atoms with Gasteiger partial charge in [-0.15, -0.1) is 0 Å². The molecule has 112 valence electrons. The van der Waals surface area contributed by atoms with Crippen molar-refractivity contribution in [2.75, 3.05) is 0 Å². The molecule has 0 radical (unpaired) electrons. The smallest absolute Gasteiger partial charge is 0.256 e. The van der Waals surface area contributed by atoms with Crippen LogP contribution in [0.2, 0.25) is 0 Å². The van der Waals surface area contributed by atoms with Crippen LogP contribution in [0.3, 0.4) is 0 Å². The van der Waals surface area contributed by atoms with Crippen molar-refractivity contribution in [1.82, 2.24) is 5.32 Å². The zero-order valence-electron chi connectivity index (χ0n) is 12.8. The molecule has 0 aromatic heterocycles. The van der Waals surface area contributed by atoms with Crippen LogP contribution in [0.15, 0.2) is 46.7 Å². The van der Waals surface area contributed by atoms with Gasteiger partial charge in [-0.25, -0.2) is 0 Å². The zero-order chi connectivity index (χ0) is 15.5. The minimum Gasteiger partial charge on any atom is -0.511 e. The van der Waals surface area contributed by atoms with Crippen molar-refractivity contribution in [1.29, 1.82) is 0 Å². The van der Waals surface area contributed by atoms with Gasteiger partial charge in [0.25, 0.3) is 5.91 Å². The van der Waals surface area contributed by atoms with E-state index < -0.39 is 0 Å². The van der Waals surface area contributed by atoms with E-state index in [1.807, 2.05) is 51.1 Å². The second-order valence-electron chi connectivity index (χ2n) is 5.98. The number of allylic oxidation sites excluding steroid dienone is 1. The monoisotopic (exact) mass is 286 g/mol. The van der Waals surface area contributed by atoms with Crippen molar-refractivity contribution >= 4 is 17.3 Å². The summed E-state index contributed by atoms with van der Waals surface area (Å²) >= 11 is 0. The van der Waals surface area contributed by atoms with E-state index in [4.69, 9.17) is 0 Å². The molecule has 1 aromatic rings. The number of aliphatic hydroxyl groups is 1. The highest BCUT2D eigenvalue weighted by Crippen LogP contribution is 2.26. The summed E-state index contributed by atoms with van der Waals surface area (Å²) in [6.45, 7) is 5.88. The number of para-hydroxylation sites is 1. The van der Waals surface area contributed by atoms with Gasteiger partial charge >= 0.3 is 0 Å². The first-order chi connectivity index (χ1) is 9.93. The van der Waals surface area contributed by atoms with Gasteiger partial charge in [0.15, 0.2) is 0 Å². The van der Waals surface area contributed by atoms with E-state index in [9.17, 15) is 9.90 Å². The SMILES string of the molecule is CCC/C(O)=C1\C(=O)NC(C)(C)CC1=Nc1ccccc1. The number of carbonyl (C=O) groups excluding carboxylic acids is 1. The van der Waals surface area contributed by atoms with Gasteiger partial charge in [0.05, 0.1) is 17.0 Å². The fourth-order valence-corrected chi connectivity index (χ4v) is 2.47. The molecule has 1 aliphatic rings. The van der Waals surface area contributed by atoms with Crippen LogP contribution in [0.1, 0.15) is 40.0 Å². The molecule has 1 aliphatic heterocycles. The first-order valence-corrected chi connectivity index (χ1v) is 7.30. The van der Waals surface area contributed by atoms with E-state index in [2.05, 4.69) is 10.3 Å². The lowest BCUT2D eigenvalue weighted by molar-refractivity contribution is -0.119. The lowest BCUT2D eigenvalue weighted by Crippen LogP contribution is -2.51. The number of benzene rings is 1. The van der Waals surface area contributed by atoms with Gasteiger partial charge < -0.3 is 10.4 Å². The molecule has 1 saturated heterocycles. The van der Waals surface area contributed by atoms with Gasteiger partial charge in [-0.3, -0.25) is 9.79 Å². The molecule has 4 nitrogen and oxygen atoms in total. The first-order valence-electron chi connectivity index (χ1n) is 7.30. The van der Waals surface area contributed by atoms with Crippen LogP contribution in [-0.2, 0) is 4.79 Å². The van der Waals surface area contributed by atoms with Gasteiger partial charge in [0, 0.05) is 18.4 Å². The summed E-state index contributed by atoms with van der Waals surface area (Å²) in [4.78, 5) is 16.9. The Labute approximate surface area is 125 Å². The molecule has 4 heteroatoms. The summed E-state index contributed by atoms with van der Waals surface area (Å²) in [5, 5.41) is 13.1. The minimum absolute atomic E-state index is 0.125. The van der Waals surface area contributed by atoms with Gasteiger partial charge in [-0.05, 0) is 32.4 Å². The molecule has 0 unspecified atom stereocenters. The Hall–Kier alpha value is -2.10. The molecule has 1 fully saturated rings. The van der Waals surface area contributed by atoms with Crippen molar-refractivity contribution in [2.24, 2.45) is 4.99 Å². The molecule has 1 aromatic carbocycles. The third-order valence-corrected chi connectivity index (χ3v) is 3.37. The number of nitrogens with zero attached hydrogens (tertiary/aromatic N) is 1. The summed E-state index contributed by atoms with van der Waals surface area (Å²) in [6.07, 6.45) is 1.86. The molecular weight excluding hydrogens is 264 g/mol. The van der Waals surface area contributed by atoms with Gasteiger partial charge in [-0.2, -0.15) is 0 Å². The molecule has 1 heterocycles. The Morgan fingerprint density at radius 3 is 2.62 bits per heavy atom. The summed E-state index contributed by atoms with van der Waals surface area (Å²) in [6, 6.07) is 9.51. The molecular formula is C17H22N2O2. The molecule has 0 saturated carbocycles. The third-order valence-electron chi connectivity index (χ3n) is 3.37. The van der Waals surface area contributed by atoms with Crippen LogP contribution in [0.5, 0.6) is 0 Å². The quantitative estimate of drug-likeness (QED) is 0.658.